The number of carbonyl (C=O) groups is 1. The first kappa shape index (κ1) is 21.8. The van der Waals surface area contributed by atoms with Gasteiger partial charge in [-0.05, 0) is 6.92 Å². The van der Waals surface area contributed by atoms with E-state index in [9.17, 15) is 4.79 Å². The Morgan fingerprint density at radius 3 is 2.58 bits per heavy atom. The molecule has 2 unspecified atom stereocenters. The molecule has 0 aromatic rings. The third-order valence-corrected chi connectivity index (χ3v) is 2.34. The van der Waals surface area contributed by atoms with Crippen LogP contribution in [0.5, 0.6) is 0 Å². The molecule has 19 heavy (non-hydrogen) atoms. The Morgan fingerprint density at radius 1 is 1.53 bits per heavy atom. The quantitative estimate of drug-likeness (QED) is 0.199. The van der Waals surface area contributed by atoms with Crippen LogP contribution in [0.15, 0.2) is 12.7 Å². The maximum atomic E-state index is 11.0. The van der Waals surface area contributed by atoms with Crippen LogP contribution in [0.25, 0.3) is 0 Å². The Morgan fingerprint density at radius 2 is 2.11 bits per heavy atom. The first-order valence-electron chi connectivity index (χ1n) is 6.08. The molecule has 0 fully saturated rings. The van der Waals surface area contributed by atoms with Crippen molar-refractivity contribution in [2.45, 2.75) is 38.7 Å². The molecule has 108 valence electrons. The molecule has 0 radical (unpaired) electrons. The van der Waals surface area contributed by atoms with Crippen LogP contribution < -0.4 is 0 Å². The maximum absolute atomic E-state index is 11.0. The predicted molar refractivity (Wildman–Crippen MR) is 78.7 cm³/mol. The van der Waals surface area contributed by atoms with Gasteiger partial charge in [-0.3, -0.25) is 0 Å². The van der Waals surface area contributed by atoms with Crippen LogP contribution in [0.4, 0.5) is 0 Å². The van der Waals surface area contributed by atoms with Gasteiger partial charge in [-0.2, -0.15) is 5.92 Å². The summed E-state index contributed by atoms with van der Waals surface area (Å²) in [6, 6.07) is 0. The summed E-state index contributed by atoms with van der Waals surface area (Å²) in [5.74, 6) is -0.290. The topological polar surface area (TPSA) is 26.3 Å². The summed E-state index contributed by atoms with van der Waals surface area (Å²) in [4.78, 5) is 11.0. The molecule has 0 aliphatic heterocycles. The number of carbonyl (C=O) groups excluding carboxylic acids is 1. The summed E-state index contributed by atoms with van der Waals surface area (Å²) < 4.78 is 5.08. The van der Waals surface area contributed by atoms with Gasteiger partial charge in [-0.1, -0.05) is 6.58 Å². The van der Waals surface area contributed by atoms with Gasteiger partial charge in [0.1, 0.15) is 0 Å². The van der Waals surface area contributed by atoms with Gasteiger partial charge in [0.25, 0.3) is 0 Å². The first-order chi connectivity index (χ1) is 9.03. The Hall–Kier alpha value is 0.504. The third-order valence-electron chi connectivity index (χ3n) is 2.34. The number of rotatable bonds is 9. The van der Waals surface area contributed by atoms with Crippen LogP contribution in [0.2, 0.25) is 0 Å². The second kappa shape index (κ2) is 16.6. The van der Waals surface area contributed by atoms with E-state index in [0.717, 1.165) is 25.7 Å². The van der Waals surface area contributed by atoms with Crippen molar-refractivity contribution in [3.8, 4) is 0 Å². The molecule has 0 bridgehead atoms. The van der Waals surface area contributed by atoms with Crippen LogP contribution in [-0.4, -0.2) is 12.1 Å². The average molecular weight is 341 g/mol. The van der Waals surface area contributed by atoms with E-state index in [2.05, 4.69) is 33.3 Å². The van der Waals surface area contributed by atoms with Crippen LogP contribution in [0.3, 0.4) is 0 Å². The van der Waals surface area contributed by atoms with E-state index < -0.39 is 17.0 Å². The molecular formula is C14H22Cl2O2Ti. The fraction of sp³-hybridized carbons (Fsp3) is 0.500. The van der Waals surface area contributed by atoms with Gasteiger partial charge in [0.2, 0.25) is 0 Å². The summed E-state index contributed by atoms with van der Waals surface area (Å²) in [6.45, 7) is 12.9. The van der Waals surface area contributed by atoms with Crippen molar-refractivity contribution in [1.82, 2.24) is 0 Å². The minimum atomic E-state index is -0.556. The van der Waals surface area contributed by atoms with E-state index in [4.69, 9.17) is 23.3 Å². The number of esters is 1. The van der Waals surface area contributed by atoms with Gasteiger partial charge in [0, 0.05) is 6.08 Å². The van der Waals surface area contributed by atoms with Crippen molar-refractivity contribution in [1.29, 1.82) is 0 Å². The number of unbranched alkanes of at least 4 members (excludes halogenated alkanes) is 4. The van der Waals surface area contributed by atoms with Crippen molar-refractivity contribution in [2.24, 2.45) is 5.92 Å². The molecule has 5 heteroatoms. The van der Waals surface area contributed by atoms with Crippen molar-refractivity contribution in [2.75, 3.05) is 0 Å². The SMILES string of the molecule is C=CC(=O)OC(C)C([CH2-])C[CH-]C[CH-]CC[CH2-].[Cl][Ti+4][Cl]. The Kier molecular flexibility index (Phi) is 19.0. The molecule has 0 N–H and O–H groups in total. The third kappa shape index (κ3) is 16.5. The Bertz CT molecular complexity index is 225. The Labute approximate surface area is 134 Å². The van der Waals surface area contributed by atoms with E-state index in [1.807, 2.05) is 6.92 Å². The van der Waals surface area contributed by atoms with Gasteiger partial charge in [-0.25, -0.2) is 24.1 Å². The molecule has 0 aliphatic carbocycles. The zero-order valence-corrected chi connectivity index (χ0v) is 14.5. The van der Waals surface area contributed by atoms with Gasteiger partial charge < -0.3 is 37.8 Å². The molecule has 0 heterocycles. The summed E-state index contributed by atoms with van der Waals surface area (Å²) in [5.41, 5.74) is 0. The predicted octanol–water partition coefficient (Wildman–Crippen LogP) is 4.73. The summed E-state index contributed by atoms with van der Waals surface area (Å²) in [7, 11) is 9.78. The number of ether oxygens (including phenoxy) is 1. The van der Waals surface area contributed by atoms with E-state index in [1.54, 1.807) is 0 Å². The zero-order valence-electron chi connectivity index (χ0n) is 11.4. The number of hydrogen-bond acceptors (Lipinski definition) is 2. The van der Waals surface area contributed by atoms with Crippen LogP contribution in [0, 0.1) is 32.6 Å². The molecule has 0 spiro atoms. The second-order valence-electron chi connectivity index (χ2n) is 3.87. The summed E-state index contributed by atoms with van der Waals surface area (Å²) in [6.07, 6.45) is 9.15. The number of halogens is 2. The van der Waals surface area contributed by atoms with Crippen molar-refractivity contribution >= 4 is 24.6 Å². The zero-order chi connectivity index (χ0) is 15.1. The molecule has 0 saturated heterocycles. The second-order valence-corrected chi connectivity index (χ2v) is 6.45. The Balaban J connectivity index is 0. The first-order valence-corrected chi connectivity index (χ1v) is 10.4. The van der Waals surface area contributed by atoms with Gasteiger partial charge in [0.15, 0.2) is 0 Å². The molecule has 0 rings (SSSR count). The summed E-state index contributed by atoms with van der Waals surface area (Å²) in [5, 5.41) is 0. The van der Waals surface area contributed by atoms with Crippen molar-refractivity contribution in [3.63, 3.8) is 0 Å². The standard InChI is InChI=1S/C14H22O2.2ClH.Ti/c1-5-7-8-9-10-11-12(3)13(4)16-14(15)6-2;;;/h6,8,10,12-13H,1-3,5,7,9,11H2,4H3;2*1H;/q-4;;;+6/p-2. The molecule has 0 aromatic carbocycles. The minimum absolute atomic E-state index is 0.0945. The average Bonchev–Trinajstić information content (AvgIpc) is 2.38. The molecule has 2 atom stereocenters. The monoisotopic (exact) mass is 340 g/mol. The molecule has 0 amide bonds. The van der Waals surface area contributed by atoms with Gasteiger partial charge >= 0.3 is 41.6 Å². The fourth-order valence-corrected chi connectivity index (χ4v) is 1.21. The molecule has 0 aliphatic rings. The van der Waals surface area contributed by atoms with E-state index >= 15 is 0 Å². The number of hydrogen-bond donors (Lipinski definition) is 0. The van der Waals surface area contributed by atoms with E-state index in [1.165, 1.54) is 6.08 Å². The van der Waals surface area contributed by atoms with E-state index in [0.29, 0.717) is 0 Å². The van der Waals surface area contributed by atoms with Crippen LogP contribution in [-0.2, 0) is 26.6 Å². The fourth-order valence-electron chi connectivity index (χ4n) is 1.21. The summed E-state index contributed by atoms with van der Waals surface area (Å²) >= 11 is -0.556. The van der Waals surface area contributed by atoms with Crippen LogP contribution >= 0.6 is 18.6 Å². The van der Waals surface area contributed by atoms with Crippen LogP contribution in [0.1, 0.15) is 32.6 Å². The molecular weight excluding hydrogens is 319 g/mol. The molecule has 0 aromatic heterocycles. The van der Waals surface area contributed by atoms with Gasteiger partial charge in [-0.15, -0.1) is 0 Å². The molecule has 0 saturated carbocycles. The normalized spacial score (nSPS) is 13.1. The van der Waals surface area contributed by atoms with Gasteiger partial charge in [0.05, 0.1) is 6.10 Å². The van der Waals surface area contributed by atoms with Crippen molar-refractivity contribution < 1.29 is 26.6 Å². The molecule has 2 nitrogen and oxygen atoms in total. The van der Waals surface area contributed by atoms with Crippen molar-refractivity contribution in [3.05, 3.63) is 39.3 Å². The van der Waals surface area contributed by atoms with E-state index in [-0.39, 0.29) is 18.0 Å².